The normalized spacial score (nSPS) is 12.8. The summed E-state index contributed by atoms with van der Waals surface area (Å²) in [4.78, 5) is 9.06. The molecule has 1 unspecified atom stereocenters. The predicted molar refractivity (Wildman–Crippen MR) is 61.8 cm³/mol. The third-order valence-electron chi connectivity index (χ3n) is 2.31. The SMILES string of the molecule is Cc1nc(C)c(C(N)c2cncc(F)c2)s1. The van der Waals surface area contributed by atoms with Crippen LogP contribution in [0.3, 0.4) is 0 Å². The van der Waals surface area contributed by atoms with Crippen LogP contribution in [-0.2, 0) is 0 Å². The van der Waals surface area contributed by atoms with Crippen LogP contribution >= 0.6 is 11.3 Å². The van der Waals surface area contributed by atoms with Crippen molar-refractivity contribution in [3.63, 3.8) is 0 Å². The van der Waals surface area contributed by atoms with E-state index in [1.165, 1.54) is 23.6 Å². The zero-order valence-corrected chi connectivity index (χ0v) is 9.88. The zero-order valence-electron chi connectivity index (χ0n) is 9.07. The van der Waals surface area contributed by atoms with Gasteiger partial charge < -0.3 is 5.73 Å². The van der Waals surface area contributed by atoms with Gasteiger partial charge in [-0.3, -0.25) is 4.98 Å². The number of thiazole rings is 1. The molecule has 0 fully saturated rings. The highest BCUT2D eigenvalue weighted by Crippen LogP contribution is 2.27. The van der Waals surface area contributed by atoms with Crippen molar-refractivity contribution in [2.75, 3.05) is 0 Å². The number of nitrogens with two attached hydrogens (primary N) is 1. The minimum absolute atomic E-state index is 0.352. The fraction of sp³-hybridized carbons (Fsp3) is 0.273. The second kappa shape index (κ2) is 4.27. The van der Waals surface area contributed by atoms with Crippen molar-refractivity contribution in [2.24, 2.45) is 5.73 Å². The summed E-state index contributed by atoms with van der Waals surface area (Å²) >= 11 is 1.54. The van der Waals surface area contributed by atoms with Crippen LogP contribution in [0.5, 0.6) is 0 Å². The molecule has 0 aliphatic carbocycles. The van der Waals surface area contributed by atoms with Crippen LogP contribution in [0, 0.1) is 19.7 Å². The summed E-state index contributed by atoms with van der Waals surface area (Å²) in [6.07, 6.45) is 2.75. The molecule has 0 aliphatic rings. The van der Waals surface area contributed by atoms with E-state index in [1.54, 1.807) is 6.20 Å². The Kier molecular flexibility index (Phi) is 2.98. The van der Waals surface area contributed by atoms with Gasteiger partial charge in [0.15, 0.2) is 0 Å². The Morgan fingerprint density at radius 1 is 1.38 bits per heavy atom. The van der Waals surface area contributed by atoms with Gasteiger partial charge in [-0.15, -0.1) is 11.3 Å². The Balaban J connectivity index is 2.38. The molecule has 0 radical (unpaired) electrons. The maximum absolute atomic E-state index is 13.0. The summed E-state index contributed by atoms with van der Waals surface area (Å²) in [5, 5.41) is 0.965. The number of pyridine rings is 1. The van der Waals surface area contributed by atoms with E-state index in [1.807, 2.05) is 13.8 Å². The summed E-state index contributed by atoms with van der Waals surface area (Å²) < 4.78 is 13.0. The average Bonchev–Trinajstić information content (AvgIpc) is 2.57. The molecule has 2 aromatic rings. The first-order valence-corrected chi connectivity index (χ1v) is 5.69. The van der Waals surface area contributed by atoms with Gasteiger partial charge in [0.2, 0.25) is 0 Å². The molecule has 2 rings (SSSR count). The molecule has 0 aliphatic heterocycles. The topological polar surface area (TPSA) is 51.8 Å². The van der Waals surface area contributed by atoms with Gasteiger partial charge in [0.25, 0.3) is 0 Å². The smallest absolute Gasteiger partial charge is 0.141 e. The fourth-order valence-electron chi connectivity index (χ4n) is 1.59. The average molecular weight is 237 g/mol. The Morgan fingerprint density at radius 2 is 2.12 bits per heavy atom. The van der Waals surface area contributed by atoms with Crippen molar-refractivity contribution in [2.45, 2.75) is 19.9 Å². The molecule has 84 valence electrons. The van der Waals surface area contributed by atoms with Crippen molar-refractivity contribution >= 4 is 11.3 Å². The van der Waals surface area contributed by atoms with Gasteiger partial charge in [-0.05, 0) is 25.5 Å². The molecule has 3 nitrogen and oxygen atoms in total. The number of hydrogen-bond donors (Lipinski definition) is 1. The predicted octanol–water partition coefficient (Wildman–Crippen LogP) is 2.34. The van der Waals surface area contributed by atoms with Gasteiger partial charge in [0.1, 0.15) is 5.82 Å². The minimum atomic E-state index is -0.369. The van der Waals surface area contributed by atoms with Crippen LogP contribution in [0.15, 0.2) is 18.5 Å². The monoisotopic (exact) mass is 237 g/mol. The third kappa shape index (κ3) is 2.10. The Bertz CT molecular complexity index is 510. The van der Waals surface area contributed by atoms with Crippen LogP contribution in [0.2, 0.25) is 0 Å². The summed E-state index contributed by atoms with van der Waals surface area (Å²) in [7, 11) is 0. The lowest BCUT2D eigenvalue weighted by atomic mass is 10.1. The Labute approximate surface area is 97.2 Å². The summed E-state index contributed by atoms with van der Waals surface area (Å²) in [6.45, 7) is 3.84. The first-order valence-electron chi connectivity index (χ1n) is 4.88. The molecule has 16 heavy (non-hydrogen) atoms. The van der Waals surface area contributed by atoms with Gasteiger partial charge in [-0.1, -0.05) is 0 Å². The molecular formula is C11H12FN3S. The van der Waals surface area contributed by atoms with E-state index in [0.29, 0.717) is 5.56 Å². The van der Waals surface area contributed by atoms with E-state index >= 15 is 0 Å². The Morgan fingerprint density at radius 3 is 2.69 bits per heavy atom. The second-order valence-corrected chi connectivity index (χ2v) is 4.83. The number of rotatable bonds is 2. The van der Waals surface area contributed by atoms with Crippen molar-refractivity contribution in [1.29, 1.82) is 0 Å². The van der Waals surface area contributed by atoms with Gasteiger partial charge in [-0.25, -0.2) is 9.37 Å². The molecule has 0 saturated carbocycles. The fourth-order valence-corrected chi connectivity index (χ4v) is 2.54. The molecule has 1 atom stereocenters. The third-order valence-corrected chi connectivity index (χ3v) is 3.46. The van der Waals surface area contributed by atoms with Crippen molar-refractivity contribution < 1.29 is 4.39 Å². The molecule has 2 aromatic heterocycles. The van der Waals surface area contributed by atoms with E-state index in [9.17, 15) is 4.39 Å². The maximum Gasteiger partial charge on any atom is 0.141 e. The van der Waals surface area contributed by atoms with Crippen LogP contribution in [-0.4, -0.2) is 9.97 Å². The number of nitrogens with zero attached hydrogens (tertiary/aromatic N) is 2. The molecular weight excluding hydrogens is 225 g/mol. The number of halogens is 1. The lowest BCUT2D eigenvalue weighted by Crippen LogP contribution is -2.12. The lowest BCUT2D eigenvalue weighted by Gasteiger charge is -2.09. The standard InChI is InChI=1S/C11H12FN3S/c1-6-11(16-7(2)15-6)10(13)8-3-9(12)5-14-4-8/h3-5,10H,13H2,1-2H3. The van der Waals surface area contributed by atoms with Crippen LogP contribution < -0.4 is 5.73 Å². The highest BCUT2D eigenvalue weighted by molar-refractivity contribution is 7.11. The molecule has 2 N–H and O–H groups in total. The molecule has 0 aromatic carbocycles. The van der Waals surface area contributed by atoms with Crippen molar-refractivity contribution in [3.8, 4) is 0 Å². The summed E-state index contributed by atoms with van der Waals surface area (Å²) in [5.41, 5.74) is 7.64. The first kappa shape index (κ1) is 11.2. The van der Waals surface area contributed by atoms with Crippen molar-refractivity contribution in [3.05, 3.63) is 45.4 Å². The highest BCUT2D eigenvalue weighted by atomic mass is 32.1. The van der Waals surface area contributed by atoms with Crippen molar-refractivity contribution in [1.82, 2.24) is 9.97 Å². The molecule has 0 saturated heterocycles. The van der Waals surface area contributed by atoms with E-state index < -0.39 is 0 Å². The van der Waals surface area contributed by atoms with E-state index in [4.69, 9.17) is 5.73 Å². The molecule has 5 heteroatoms. The Hall–Kier alpha value is -1.33. The second-order valence-electron chi connectivity index (χ2n) is 3.60. The van der Waals surface area contributed by atoms with Crippen LogP contribution in [0.1, 0.15) is 27.2 Å². The minimum Gasteiger partial charge on any atom is -0.320 e. The van der Waals surface area contributed by atoms with Gasteiger partial charge in [-0.2, -0.15) is 0 Å². The van der Waals surface area contributed by atoms with Gasteiger partial charge >= 0.3 is 0 Å². The quantitative estimate of drug-likeness (QED) is 0.872. The zero-order chi connectivity index (χ0) is 11.7. The number of hydrogen-bond acceptors (Lipinski definition) is 4. The molecule has 2 heterocycles. The van der Waals surface area contributed by atoms with Crippen LogP contribution in [0.4, 0.5) is 4.39 Å². The summed E-state index contributed by atoms with van der Waals surface area (Å²) in [6, 6.07) is 1.06. The van der Waals surface area contributed by atoms with Gasteiger partial charge in [0, 0.05) is 11.1 Å². The largest absolute Gasteiger partial charge is 0.320 e. The first-order chi connectivity index (χ1) is 7.58. The number of aryl methyl sites for hydroxylation is 2. The van der Waals surface area contributed by atoms with Crippen LogP contribution in [0.25, 0.3) is 0 Å². The van der Waals surface area contributed by atoms with E-state index in [-0.39, 0.29) is 11.9 Å². The highest BCUT2D eigenvalue weighted by Gasteiger charge is 2.16. The molecule has 0 spiro atoms. The summed E-state index contributed by atoms with van der Waals surface area (Å²) in [5.74, 6) is -0.369. The lowest BCUT2D eigenvalue weighted by molar-refractivity contribution is 0.616. The molecule has 0 bridgehead atoms. The van der Waals surface area contributed by atoms with Gasteiger partial charge in [0.05, 0.1) is 22.9 Å². The van der Waals surface area contributed by atoms with E-state index in [0.717, 1.165) is 15.6 Å². The number of aromatic nitrogens is 2. The van der Waals surface area contributed by atoms with E-state index in [2.05, 4.69) is 9.97 Å². The molecule has 0 amide bonds. The maximum atomic E-state index is 13.0.